The Hall–Kier alpha value is -4.95. The summed E-state index contributed by atoms with van der Waals surface area (Å²) in [7, 11) is 3.83. The lowest BCUT2D eigenvalue weighted by Gasteiger charge is -2.16. The third kappa shape index (κ3) is 5.29. The number of hydrogen-bond acceptors (Lipinski definition) is 6. The first-order valence-electron chi connectivity index (χ1n) is 12.8. The lowest BCUT2D eigenvalue weighted by atomic mass is 10.2. The van der Waals surface area contributed by atoms with E-state index in [0.717, 1.165) is 11.1 Å². The van der Waals surface area contributed by atoms with Gasteiger partial charge >= 0.3 is 0 Å². The third-order valence-electron chi connectivity index (χ3n) is 6.62. The van der Waals surface area contributed by atoms with Crippen molar-refractivity contribution in [3.05, 3.63) is 123 Å². The summed E-state index contributed by atoms with van der Waals surface area (Å²) in [6.07, 6.45) is 1.52. The van der Waals surface area contributed by atoms with E-state index in [1.165, 1.54) is 17.0 Å². The number of furan rings is 1. The summed E-state index contributed by atoms with van der Waals surface area (Å²) >= 11 is 6.17. The Kier molecular flexibility index (Phi) is 6.99. The van der Waals surface area contributed by atoms with E-state index in [2.05, 4.69) is 5.10 Å². The second-order valence-corrected chi connectivity index (χ2v) is 10.0. The Balaban J connectivity index is 1.46. The van der Waals surface area contributed by atoms with Crippen LogP contribution in [0.5, 0.6) is 5.75 Å². The number of nitrogens with zero attached hydrogens (tertiary/aromatic N) is 4. The standard InChI is InChI=1S/C32H24ClFN4O3/c1-37(2)24-13-11-20(29(17-24)40-19-21-7-3-5-9-26(21)34)18-35-38-31(36-27-10-6-4-8-25(27)32(38)39)30-16-22-15-23(33)12-14-28(22)41-30/h3-18H,19H2,1-2H3. The fourth-order valence-electron chi connectivity index (χ4n) is 4.44. The van der Waals surface area contributed by atoms with Gasteiger partial charge < -0.3 is 14.1 Å². The van der Waals surface area contributed by atoms with Crippen LogP contribution in [0.25, 0.3) is 33.5 Å². The number of aromatic nitrogens is 2. The van der Waals surface area contributed by atoms with E-state index in [0.29, 0.717) is 44.1 Å². The minimum atomic E-state index is -0.362. The molecule has 0 aliphatic carbocycles. The van der Waals surface area contributed by atoms with Gasteiger partial charge in [0.15, 0.2) is 5.76 Å². The summed E-state index contributed by atoms with van der Waals surface area (Å²) < 4.78 is 27.6. The third-order valence-corrected chi connectivity index (χ3v) is 6.85. The quantitative estimate of drug-likeness (QED) is 0.192. The molecular weight excluding hydrogens is 543 g/mol. The molecule has 204 valence electrons. The van der Waals surface area contributed by atoms with Gasteiger partial charge in [-0.3, -0.25) is 4.79 Å². The van der Waals surface area contributed by atoms with Crippen LogP contribution in [0.15, 0.2) is 105 Å². The molecule has 0 aliphatic rings. The first-order chi connectivity index (χ1) is 19.9. The van der Waals surface area contributed by atoms with Gasteiger partial charge in [-0.25, -0.2) is 9.37 Å². The van der Waals surface area contributed by atoms with Gasteiger partial charge in [0, 0.05) is 47.4 Å². The van der Waals surface area contributed by atoms with E-state index < -0.39 is 0 Å². The fraction of sp³-hybridized carbons (Fsp3) is 0.0938. The van der Waals surface area contributed by atoms with E-state index in [1.807, 2.05) is 43.3 Å². The summed E-state index contributed by atoms with van der Waals surface area (Å²) in [6, 6.07) is 26.1. The Labute approximate surface area is 239 Å². The highest BCUT2D eigenvalue weighted by Gasteiger charge is 2.17. The molecule has 0 saturated heterocycles. The predicted molar refractivity (Wildman–Crippen MR) is 161 cm³/mol. The first kappa shape index (κ1) is 26.3. The molecule has 0 amide bonds. The molecule has 6 aromatic rings. The van der Waals surface area contributed by atoms with Crippen LogP contribution < -0.4 is 15.2 Å². The van der Waals surface area contributed by atoms with Crippen molar-refractivity contribution < 1.29 is 13.5 Å². The van der Waals surface area contributed by atoms with Crippen molar-refractivity contribution in [3.8, 4) is 17.3 Å². The zero-order valence-electron chi connectivity index (χ0n) is 22.2. The molecule has 9 heteroatoms. The van der Waals surface area contributed by atoms with Crippen molar-refractivity contribution in [3.63, 3.8) is 0 Å². The molecule has 2 aromatic heterocycles. The SMILES string of the molecule is CN(C)c1ccc(C=Nn2c(-c3cc4cc(Cl)ccc4o3)nc3ccccc3c2=O)c(OCc2ccccc2F)c1. The highest BCUT2D eigenvalue weighted by molar-refractivity contribution is 6.31. The van der Waals surface area contributed by atoms with Gasteiger partial charge in [-0.2, -0.15) is 9.78 Å². The maximum atomic E-state index is 14.3. The van der Waals surface area contributed by atoms with Gasteiger partial charge in [0.25, 0.3) is 5.56 Å². The number of benzene rings is 4. The van der Waals surface area contributed by atoms with Crippen molar-refractivity contribution in [2.75, 3.05) is 19.0 Å². The molecule has 0 N–H and O–H groups in total. The summed E-state index contributed by atoms with van der Waals surface area (Å²) in [5.41, 5.74) is 2.66. The highest BCUT2D eigenvalue weighted by atomic mass is 35.5. The molecule has 0 fully saturated rings. The van der Waals surface area contributed by atoms with Crippen LogP contribution in [0.2, 0.25) is 5.02 Å². The van der Waals surface area contributed by atoms with Gasteiger partial charge in [-0.15, -0.1) is 0 Å². The number of ether oxygens (including phenoxy) is 1. The summed E-state index contributed by atoms with van der Waals surface area (Å²) in [5, 5.41) is 6.31. The second-order valence-electron chi connectivity index (χ2n) is 9.60. The average molecular weight is 567 g/mol. The molecule has 0 atom stereocenters. The lowest BCUT2D eigenvalue weighted by Crippen LogP contribution is -2.20. The van der Waals surface area contributed by atoms with Crippen LogP contribution in [0.1, 0.15) is 11.1 Å². The van der Waals surface area contributed by atoms with Crippen LogP contribution in [0, 0.1) is 5.82 Å². The van der Waals surface area contributed by atoms with Gasteiger partial charge in [0.1, 0.15) is 23.8 Å². The van der Waals surface area contributed by atoms with Crippen molar-refractivity contribution in [1.29, 1.82) is 0 Å². The van der Waals surface area contributed by atoms with E-state index in [1.54, 1.807) is 60.7 Å². The largest absolute Gasteiger partial charge is 0.488 e. The monoisotopic (exact) mass is 566 g/mol. The molecule has 0 spiro atoms. The number of anilines is 1. The van der Waals surface area contributed by atoms with E-state index >= 15 is 0 Å². The number of halogens is 2. The molecule has 0 bridgehead atoms. The number of fused-ring (bicyclic) bond motifs is 2. The van der Waals surface area contributed by atoms with Crippen molar-refractivity contribution in [2.45, 2.75) is 6.61 Å². The molecule has 0 radical (unpaired) electrons. The van der Waals surface area contributed by atoms with Crippen LogP contribution in [0.3, 0.4) is 0 Å². The number of rotatable bonds is 7. The minimum absolute atomic E-state index is 0.0225. The smallest absolute Gasteiger partial charge is 0.282 e. The maximum absolute atomic E-state index is 14.3. The fourth-order valence-corrected chi connectivity index (χ4v) is 4.62. The molecule has 0 aliphatic heterocycles. The van der Waals surface area contributed by atoms with E-state index in [4.69, 9.17) is 25.7 Å². The summed E-state index contributed by atoms with van der Waals surface area (Å²) in [4.78, 5) is 20.3. The molecule has 7 nitrogen and oxygen atoms in total. The van der Waals surface area contributed by atoms with Gasteiger partial charge in [-0.1, -0.05) is 41.9 Å². The molecule has 0 unspecified atom stereocenters. The minimum Gasteiger partial charge on any atom is -0.488 e. The second kappa shape index (κ2) is 10.9. The maximum Gasteiger partial charge on any atom is 0.282 e. The van der Waals surface area contributed by atoms with Crippen molar-refractivity contribution >= 4 is 45.4 Å². The Bertz CT molecular complexity index is 2000. The molecule has 4 aromatic carbocycles. The van der Waals surface area contributed by atoms with E-state index in [9.17, 15) is 9.18 Å². The predicted octanol–water partition coefficient (Wildman–Crippen LogP) is 7.13. The lowest BCUT2D eigenvalue weighted by molar-refractivity contribution is 0.299. The summed E-state index contributed by atoms with van der Waals surface area (Å²) in [5.74, 6) is 0.722. The van der Waals surface area contributed by atoms with E-state index in [-0.39, 0.29) is 23.8 Å². The Morgan fingerprint density at radius 2 is 1.83 bits per heavy atom. The zero-order valence-corrected chi connectivity index (χ0v) is 23.0. The topological polar surface area (TPSA) is 72.9 Å². The summed E-state index contributed by atoms with van der Waals surface area (Å²) in [6.45, 7) is 0.0225. The number of para-hydroxylation sites is 1. The Morgan fingerprint density at radius 3 is 2.66 bits per heavy atom. The van der Waals surface area contributed by atoms with Gasteiger partial charge in [-0.05, 0) is 54.6 Å². The molecule has 0 saturated carbocycles. The van der Waals surface area contributed by atoms with Gasteiger partial charge in [0.05, 0.1) is 17.1 Å². The average Bonchev–Trinajstić information content (AvgIpc) is 3.39. The molecule has 6 rings (SSSR count). The van der Waals surface area contributed by atoms with Crippen LogP contribution in [-0.4, -0.2) is 30.0 Å². The zero-order chi connectivity index (χ0) is 28.5. The number of hydrogen-bond donors (Lipinski definition) is 0. The van der Waals surface area contributed by atoms with Crippen LogP contribution in [0.4, 0.5) is 10.1 Å². The van der Waals surface area contributed by atoms with Crippen molar-refractivity contribution in [2.24, 2.45) is 5.10 Å². The normalized spacial score (nSPS) is 11.5. The molecule has 41 heavy (non-hydrogen) atoms. The first-order valence-corrected chi connectivity index (χ1v) is 13.2. The van der Waals surface area contributed by atoms with Crippen LogP contribution >= 0.6 is 11.6 Å². The van der Waals surface area contributed by atoms with Crippen LogP contribution in [-0.2, 0) is 6.61 Å². The highest BCUT2D eigenvalue weighted by Crippen LogP contribution is 2.30. The Morgan fingerprint density at radius 1 is 1.02 bits per heavy atom. The molecular formula is C32H24ClFN4O3. The van der Waals surface area contributed by atoms with Gasteiger partial charge in [0.2, 0.25) is 5.82 Å². The molecule has 2 heterocycles. The van der Waals surface area contributed by atoms with Crippen molar-refractivity contribution in [1.82, 2.24) is 9.66 Å².